The maximum atomic E-state index is 5.93. The molecule has 0 unspecified atom stereocenters. The second-order valence-electron chi connectivity index (χ2n) is 5.90. The normalized spacial score (nSPS) is 17.4. The topological polar surface area (TPSA) is 73.1 Å². The molecule has 1 aromatic rings. The van der Waals surface area contributed by atoms with Gasteiger partial charge in [-0.15, -0.1) is 5.10 Å². The Morgan fingerprint density at radius 3 is 2.63 bits per heavy atom. The number of ether oxygens (including phenoxy) is 1. The summed E-state index contributed by atoms with van der Waals surface area (Å²) in [5.74, 6) is 1.32. The van der Waals surface area contributed by atoms with E-state index >= 15 is 0 Å². The van der Waals surface area contributed by atoms with Crippen molar-refractivity contribution in [2.45, 2.75) is 44.6 Å². The Morgan fingerprint density at radius 1 is 1.32 bits per heavy atom. The van der Waals surface area contributed by atoms with Crippen molar-refractivity contribution in [3.05, 3.63) is 17.8 Å². The number of rotatable bonds is 5. The fraction of sp³-hybridized carbons (Fsp3) is 0.714. The van der Waals surface area contributed by atoms with Gasteiger partial charge in [-0.2, -0.15) is 5.10 Å². The molecule has 0 aromatic carbocycles. The average molecular weight is 264 g/mol. The zero-order valence-electron chi connectivity index (χ0n) is 11.9. The molecule has 1 aliphatic rings. The standard InChI is InChI=1S/C14H24N4O/c1-14(2,15)7-8-16-13-4-3-12(17-18-13)11-5-9-19-10-6-11/h3-4,11H,5-10,15H2,1-2H3,(H,16,18). The van der Waals surface area contributed by atoms with Gasteiger partial charge in [0.25, 0.3) is 0 Å². The Hall–Kier alpha value is -1.20. The summed E-state index contributed by atoms with van der Waals surface area (Å²) in [7, 11) is 0. The molecule has 2 heterocycles. The first-order valence-corrected chi connectivity index (χ1v) is 6.99. The summed E-state index contributed by atoms with van der Waals surface area (Å²) in [6.45, 7) is 6.52. The molecule has 19 heavy (non-hydrogen) atoms. The van der Waals surface area contributed by atoms with Gasteiger partial charge in [0.1, 0.15) is 5.82 Å². The molecule has 2 rings (SSSR count). The highest BCUT2D eigenvalue weighted by Gasteiger charge is 2.17. The predicted molar refractivity (Wildman–Crippen MR) is 76.2 cm³/mol. The van der Waals surface area contributed by atoms with E-state index < -0.39 is 0 Å². The van der Waals surface area contributed by atoms with Crippen molar-refractivity contribution in [1.82, 2.24) is 10.2 Å². The van der Waals surface area contributed by atoms with E-state index in [0.717, 1.165) is 50.5 Å². The Kier molecular flexibility index (Phi) is 4.71. The van der Waals surface area contributed by atoms with Crippen LogP contribution in [0.3, 0.4) is 0 Å². The second-order valence-corrected chi connectivity index (χ2v) is 5.90. The summed E-state index contributed by atoms with van der Waals surface area (Å²) in [6.07, 6.45) is 2.99. The van der Waals surface area contributed by atoms with E-state index in [2.05, 4.69) is 21.6 Å². The molecule has 0 bridgehead atoms. The van der Waals surface area contributed by atoms with E-state index in [1.165, 1.54) is 0 Å². The van der Waals surface area contributed by atoms with Crippen molar-refractivity contribution in [2.24, 2.45) is 5.73 Å². The number of nitrogens with two attached hydrogens (primary N) is 1. The maximum absolute atomic E-state index is 5.93. The fourth-order valence-electron chi connectivity index (χ4n) is 2.16. The summed E-state index contributed by atoms with van der Waals surface area (Å²) in [4.78, 5) is 0. The molecule has 106 valence electrons. The van der Waals surface area contributed by atoms with Crippen LogP contribution in [-0.2, 0) is 4.74 Å². The van der Waals surface area contributed by atoms with Crippen LogP contribution >= 0.6 is 0 Å². The third-order valence-corrected chi connectivity index (χ3v) is 3.40. The molecular formula is C14H24N4O. The number of nitrogens with zero attached hydrogens (tertiary/aromatic N) is 2. The van der Waals surface area contributed by atoms with Crippen LogP contribution in [0.1, 0.15) is 44.7 Å². The minimum atomic E-state index is -0.150. The van der Waals surface area contributed by atoms with E-state index in [4.69, 9.17) is 10.5 Å². The van der Waals surface area contributed by atoms with Crippen LogP contribution in [0.4, 0.5) is 5.82 Å². The van der Waals surface area contributed by atoms with Gasteiger partial charge in [0.05, 0.1) is 5.69 Å². The molecule has 5 heteroatoms. The van der Waals surface area contributed by atoms with Crippen LogP contribution < -0.4 is 11.1 Å². The highest BCUT2D eigenvalue weighted by atomic mass is 16.5. The Balaban J connectivity index is 1.84. The van der Waals surface area contributed by atoms with E-state index in [1.54, 1.807) is 0 Å². The van der Waals surface area contributed by atoms with Gasteiger partial charge in [0.15, 0.2) is 0 Å². The molecule has 1 saturated heterocycles. The number of hydrogen-bond acceptors (Lipinski definition) is 5. The van der Waals surface area contributed by atoms with Crippen molar-refractivity contribution in [1.29, 1.82) is 0 Å². The molecule has 0 saturated carbocycles. The summed E-state index contributed by atoms with van der Waals surface area (Å²) in [5, 5.41) is 11.8. The molecule has 3 N–H and O–H groups in total. The quantitative estimate of drug-likeness (QED) is 0.850. The predicted octanol–water partition coefficient (Wildman–Crippen LogP) is 1.91. The van der Waals surface area contributed by atoms with Crippen LogP contribution in [0.5, 0.6) is 0 Å². The van der Waals surface area contributed by atoms with E-state index in [1.807, 2.05) is 19.9 Å². The largest absolute Gasteiger partial charge is 0.381 e. The molecule has 0 amide bonds. The van der Waals surface area contributed by atoms with Crippen LogP contribution in [0, 0.1) is 0 Å². The maximum Gasteiger partial charge on any atom is 0.148 e. The molecular weight excluding hydrogens is 240 g/mol. The van der Waals surface area contributed by atoms with Crippen molar-refractivity contribution >= 4 is 5.82 Å². The number of hydrogen-bond donors (Lipinski definition) is 2. The number of nitrogens with one attached hydrogen (secondary N) is 1. The second kappa shape index (κ2) is 6.30. The van der Waals surface area contributed by atoms with Gasteiger partial charge in [-0.25, -0.2) is 0 Å². The summed E-state index contributed by atoms with van der Waals surface area (Å²) >= 11 is 0. The number of aromatic nitrogens is 2. The lowest BCUT2D eigenvalue weighted by molar-refractivity contribution is 0.0843. The zero-order valence-corrected chi connectivity index (χ0v) is 11.9. The van der Waals surface area contributed by atoms with Gasteiger partial charge >= 0.3 is 0 Å². The van der Waals surface area contributed by atoms with Crippen molar-refractivity contribution < 1.29 is 4.74 Å². The van der Waals surface area contributed by atoms with Gasteiger partial charge in [0, 0.05) is 31.2 Å². The van der Waals surface area contributed by atoms with E-state index in [9.17, 15) is 0 Å². The molecule has 0 radical (unpaired) electrons. The first-order chi connectivity index (χ1) is 9.04. The Bertz CT molecular complexity index is 379. The Labute approximate surface area is 114 Å². The molecule has 5 nitrogen and oxygen atoms in total. The summed E-state index contributed by atoms with van der Waals surface area (Å²) in [5.41, 5.74) is 6.86. The minimum absolute atomic E-state index is 0.150. The van der Waals surface area contributed by atoms with Crippen LogP contribution in [-0.4, -0.2) is 35.5 Å². The van der Waals surface area contributed by atoms with E-state index in [-0.39, 0.29) is 5.54 Å². The van der Waals surface area contributed by atoms with Crippen LogP contribution in [0.25, 0.3) is 0 Å². The molecule has 1 aromatic heterocycles. The molecule has 0 aliphatic carbocycles. The Morgan fingerprint density at radius 2 is 2.05 bits per heavy atom. The van der Waals surface area contributed by atoms with Crippen LogP contribution in [0.2, 0.25) is 0 Å². The van der Waals surface area contributed by atoms with E-state index in [0.29, 0.717) is 5.92 Å². The lowest BCUT2D eigenvalue weighted by Crippen LogP contribution is -2.34. The monoisotopic (exact) mass is 264 g/mol. The zero-order chi connectivity index (χ0) is 13.7. The lowest BCUT2D eigenvalue weighted by atomic mass is 9.96. The summed E-state index contributed by atoms with van der Waals surface area (Å²) in [6, 6.07) is 4.07. The third-order valence-electron chi connectivity index (χ3n) is 3.40. The molecule has 1 aliphatic heterocycles. The SMILES string of the molecule is CC(C)(N)CCNc1ccc(C2CCOCC2)nn1. The van der Waals surface area contributed by atoms with Gasteiger partial charge < -0.3 is 15.8 Å². The van der Waals surface area contributed by atoms with Gasteiger partial charge in [-0.05, 0) is 45.2 Å². The highest BCUT2D eigenvalue weighted by molar-refractivity contribution is 5.33. The number of anilines is 1. The van der Waals surface area contributed by atoms with Gasteiger partial charge in [0.2, 0.25) is 0 Å². The smallest absolute Gasteiger partial charge is 0.148 e. The van der Waals surface area contributed by atoms with Crippen molar-refractivity contribution in [3.63, 3.8) is 0 Å². The molecule has 0 spiro atoms. The van der Waals surface area contributed by atoms with Gasteiger partial charge in [-0.3, -0.25) is 0 Å². The minimum Gasteiger partial charge on any atom is -0.381 e. The molecule has 0 atom stereocenters. The van der Waals surface area contributed by atoms with Gasteiger partial charge in [-0.1, -0.05) is 0 Å². The molecule has 1 fully saturated rings. The first-order valence-electron chi connectivity index (χ1n) is 6.99. The van der Waals surface area contributed by atoms with Crippen molar-refractivity contribution in [3.8, 4) is 0 Å². The highest BCUT2D eigenvalue weighted by Crippen LogP contribution is 2.25. The summed E-state index contributed by atoms with van der Waals surface area (Å²) < 4.78 is 5.36. The third kappa shape index (κ3) is 4.76. The fourth-order valence-corrected chi connectivity index (χ4v) is 2.16. The first kappa shape index (κ1) is 14.2. The lowest BCUT2D eigenvalue weighted by Gasteiger charge is -2.21. The van der Waals surface area contributed by atoms with Crippen molar-refractivity contribution in [2.75, 3.05) is 25.1 Å². The average Bonchev–Trinajstić information content (AvgIpc) is 2.39. The van der Waals surface area contributed by atoms with Crippen LogP contribution in [0.15, 0.2) is 12.1 Å².